The van der Waals surface area contributed by atoms with Crippen molar-refractivity contribution < 1.29 is 0 Å². The first-order chi connectivity index (χ1) is 7.27. The van der Waals surface area contributed by atoms with Gasteiger partial charge in [0.25, 0.3) is 0 Å². The standard InChI is InChI=1S/C13H20N2/c1-3-6-11-9(4-2)13(14)10-7-5-8-12(10)15-11/h3-8H2,1-2H3,(H2,14,15). The fourth-order valence-corrected chi connectivity index (χ4v) is 2.55. The average molecular weight is 204 g/mol. The Hall–Kier alpha value is -1.05. The quantitative estimate of drug-likeness (QED) is 0.822. The summed E-state index contributed by atoms with van der Waals surface area (Å²) >= 11 is 0. The second-order valence-electron chi connectivity index (χ2n) is 4.33. The summed E-state index contributed by atoms with van der Waals surface area (Å²) in [6.45, 7) is 4.37. The molecule has 1 aliphatic rings. The zero-order valence-corrected chi connectivity index (χ0v) is 9.77. The summed E-state index contributed by atoms with van der Waals surface area (Å²) in [5.74, 6) is 0. The van der Waals surface area contributed by atoms with E-state index in [9.17, 15) is 0 Å². The number of hydrogen-bond acceptors (Lipinski definition) is 2. The van der Waals surface area contributed by atoms with Crippen molar-refractivity contribution in [3.8, 4) is 0 Å². The Labute approximate surface area is 91.9 Å². The Kier molecular flexibility index (Phi) is 2.94. The molecule has 1 heterocycles. The first-order valence-electron chi connectivity index (χ1n) is 6.06. The summed E-state index contributed by atoms with van der Waals surface area (Å²) < 4.78 is 0. The Morgan fingerprint density at radius 1 is 1.27 bits per heavy atom. The highest BCUT2D eigenvalue weighted by atomic mass is 14.8. The van der Waals surface area contributed by atoms with Gasteiger partial charge in [-0.2, -0.15) is 0 Å². The van der Waals surface area contributed by atoms with Gasteiger partial charge in [-0.1, -0.05) is 20.3 Å². The lowest BCUT2D eigenvalue weighted by Gasteiger charge is -2.13. The molecule has 2 N–H and O–H groups in total. The van der Waals surface area contributed by atoms with E-state index in [1.165, 1.54) is 28.9 Å². The van der Waals surface area contributed by atoms with Gasteiger partial charge in [0.1, 0.15) is 0 Å². The summed E-state index contributed by atoms with van der Waals surface area (Å²) in [7, 11) is 0. The predicted molar refractivity (Wildman–Crippen MR) is 64.0 cm³/mol. The summed E-state index contributed by atoms with van der Waals surface area (Å²) in [4.78, 5) is 4.79. The average Bonchev–Trinajstić information content (AvgIpc) is 2.67. The summed E-state index contributed by atoms with van der Waals surface area (Å²) in [6.07, 6.45) is 6.72. The molecule has 0 fully saturated rings. The van der Waals surface area contributed by atoms with Crippen molar-refractivity contribution in [2.45, 2.75) is 52.4 Å². The van der Waals surface area contributed by atoms with E-state index in [-0.39, 0.29) is 0 Å². The zero-order valence-electron chi connectivity index (χ0n) is 9.77. The second kappa shape index (κ2) is 4.21. The third-order valence-corrected chi connectivity index (χ3v) is 3.30. The number of rotatable bonds is 3. The number of pyridine rings is 1. The van der Waals surface area contributed by atoms with Crippen LogP contribution in [0.15, 0.2) is 0 Å². The number of nitrogen functional groups attached to an aromatic ring is 1. The SMILES string of the molecule is CCCc1nc2c(c(N)c1CC)CCC2. The van der Waals surface area contributed by atoms with Crippen molar-refractivity contribution >= 4 is 5.69 Å². The zero-order chi connectivity index (χ0) is 10.8. The third-order valence-electron chi connectivity index (χ3n) is 3.30. The van der Waals surface area contributed by atoms with Crippen LogP contribution in [0.3, 0.4) is 0 Å². The smallest absolute Gasteiger partial charge is 0.0459 e. The molecular formula is C13H20N2. The third kappa shape index (κ3) is 1.73. The minimum absolute atomic E-state index is 1.02. The normalized spacial score (nSPS) is 14.3. The molecule has 0 amide bonds. The number of nitrogens with two attached hydrogens (primary N) is 1. The molecule has 0 atom stereocenters. The minimum Gasteiger partial charge on any atom is -0.398 e. The minimum atomic E-state index is 1.02. The molecule has 0 bridgehead atoms. The Morgan fingerprint density at radius 3 is 2.73 bits per heavy atom. The van der Waals surface area contributed by atoms with Gasteiger partial charge >= 0.3 is 0 Å². The van der Waals surface area contributed by atoms with Crippen molar-refractivity contribution in [3.63, 3.8) is 0 Å². The van der Waals surface area contributed by atoms with Gasteiger partial charge in [0, 0.05) is 17.1 Å². The maximum absolute atomic E-state index is 6.24. The van der Waals surface area contributed by atoms with Crippen LogP contribution in [0.2, 0.25) is 0 Å². The van der Waals surface area contributed by atoms with Crippen LogP contribution in [-0.2, 0) is 25.7 Å². The molecule has 82 valence electrons. The topological polar surface area (TPSA) is 38.9 Å². The lowest BCUT2D eigenvalue weighted by Crippen LogP contribution is -2.07. The Balaban J connectivity index is 2.51. The van der Waals surface area contributed by atoms with Gasteiger partial charge in [-0.15, -0.1) is 0 Å². The van der Waals surface area contributed by atoms with E-state index in [1.807, 2.05) is 0 Å². The number of fused-ring (bicyclic) bond motifs is 1. The second-order valence-corrected chi connectivity index (χ2v) is 4.33. The number of hydrogen-bond donors (Lipinski definition) is 1. The molecule has 1 aromatic rings. The molecule has 0 saturated carbocycles. The molecule has 2 nitrogen and oxygen atoms in total. The van der Waals surface area contributed by atoms with Gasteiger partial charge in [0.2, 0.25) is 0 Å². The molecular weight excluding hydrogens is 184 g/mol. The summed E-state index contributed by atoms with van der Waals surface area (Å²) in [5, 5.41) is 0. The van der Waals surface area contributed by atoms with Crippen LogP contribution in [0, 0.1) is 0 Å². The molecule has 0 radical (unpaired) electrons. The van der Waals surface area contributed by atoms with Gasteiger partial charge in [-0.25, -0.2) is 0 Å². The van der Waals surface area contributed by atoms with Gasteiger partial charge < -0.3 is 5.73 Å². The van der Waals surface area contributed by atoms with Gasteiger partial charge in [0.05, 0.1) is 0 Å². The van der Waals surface area contributed by atoms with Crippen molar-refractivity contribution in [1.29, 1.82) is 0 Å². The van der Waals surface area contributed by atoms with Gasteiger partial charge in [-0.05, 0) is 43.2 Å². The Bertz CT molecular complexity index is 369. The first kappa shape index (κ1) is 10.5. The largest absolute Gasteiger partial charge is 0.398 e. The van der Waals surface area contributed by atoms with E-state index in [0.29, 0.717) is 0 Å². The van der Waals surface area contributed by atoms with Crippen LogP contribution >= 0.6 is 0 Å². The van der Waals surface area contributed by atoms with E-state index in [4.69, 9.17) is 10.7 Å². The number of aryl methyl sites for hydroxylation is 2. The highest BCUT2D eigenvalue weighted by Crippen LogP contribution is 2.30. The van der Waals surface area contributed by atoms with Crippen molar-refractivity contribution in [2.24, 2.45) is 0 Å². The van der Waals surface area contributed by atoms with Crippen LogP contribution < -0.4 is 5.73 Å². The van der Waals surface area contributed by atoms with Crippen LogP contribution in [0.25, 0.3) is 0 Å². The van der Waals surface area contributed by atoms with E-state index in [0.717, 1.165) is 37.8 Å². The molecule has 2 heteroatoms. The maximum atomic E-state index is 6.24. The molecule has 15 heavy (non-hydrogen) atoms. The first-order valence-corrected chi connectivity index (χ1v) is 6.06. The van der Waals surface area contributed by atoms with Crippen LogP contribution in [0.1, 0.15) is 49.2 Å². The summed E-state index contributed by atoms with van der Waals surface area (Å²) in [5.41, 5.74) is 12.4. The number of nitrogens with zero attached hydrogens (tertiary/aromatic N) is 1. The molecule has 0 unspecified atom stereocenters. The fraction of sp³-hybridized carbons (Fsp3) is 0.615. The van der Waals surface area contributed by atoms with Crippen LogP contribution in [0.5, 0.6) is 0 Å². The number of anilines is 1. The predicted octanol–water partition coefficient (Wildman–Crippen LogP) is 2.67. The van der Waals surface area contributed by atoms with Crippen LogP contribution in [-0.4, -0.2) is 4.98 Å². The maximum Gasteiger partial charge on any atom is 0.0459 e. The fourth-order valence-electron chi connectivity index (χ4n) is 2.55. The van der Waals surface area contributed by atoms with E-state index in [2.05, 4.69) is 13.8 Å². The lowest BCUT2D eigenvalue weighted by molar-refractivity contribution is 0.838. The number of aromatic nitrogens is 1. The molecule has 0 spiro atoms. The van der Waals surface area contributed by atoms with Crippen molar-refractivity contribution in [2.75, 3.05) is 5.73 Å². The highest BCUT2D eigenvalue weighted by Gasteiger charge is 2.19. The van der Waals surface area contributed by atoms with Gasteiger partial charge in [-0.3, -0.25) is 4.98 Å². The molecule has 2 rings (SSSR count). The molecule has 0 aliphatic heterocycles. The molecule has 1 aromatic heterocycles. The molecule has 0 aromatic carbocycles. The van der Waals surface area contributed by atoms with Gasteiger partial charge in [0.15, 0.2) is 0 Å². The van der Waals surface area contributed by atoms with E-state index < -0.39 is 0 Å². The lowest BCUT2D eigenvalue weighted by atomic mass is 10.0. The van der Waals surface area contributed by atoms with Crippen molar-refractivity contribution in [1.82, 2.24) is 4.98 Å². The highest BCUT2D eigenvalue weighted by molar-refractivity contribution is 5.58. The molecule has 0 saturated heterocycles. The van der Waals surface area contributed by atoms with E-state index in [1.54, 1.807) is 0 Å². The van der Waals surface area contributed by atoms with Crippen LogP contribution in [0.4, 0.5) is 5.69 Å². The summed E-state index contributed by atoms with van der Waals surface area (Å²) in [6, 6.07) is 0. The monoisotopic (exact) mass is 204 g/mol. The molecule has 1 aliphatic carbocycles. The van der Waals surface area contributed by atoms with Crippen molar-refractivity contribution in [3.05, 3.63) is 22.5 Å². The van der Waals surface area contributed by atoms with E-state index >= 15 is 0 Å². The Morgan fingerprint density at radius 2 is 2.07 bits per heavy atom.